The number of aryl methyl sites for hydroxylation is 1. The van der Waals surface area contributed by atoms with Crippen molar-refractivity contribution >= 4 is 0 Å². The predicted octanol–water partition coefficient (Wildman–Crippen LogP) is 4.24. The molecule has 2 aliphatic carbocycles. The van der Waals surface area contributed by atoms with Crippen LogP contribution in [0.15, 0.2) is 42.6 Å². The minimum atomic E-state index is 0.469. The Hall–Kier alpha value is -1.75. The Morgan fingerprint density at radius 1 is 0.903 bits per heavy atom. The summed E-state index contributed by atoms with van der Waals surface area (Å²) in [6.45, 7) is 4.18. The van der Waals surface area contributed by atoms with Crippen LogP contribution >= 0.6 is 0 Å². The first-order valence-electron chi connectivity index (χ1n) is 12.5. The molecular formula is C27H38N4. The molecule has 3 aliphatic rings. The Labute approximate surface area is 187 Å². The van der Waals surface area contributed by atoms with E-state index in [9.17, 15) is 0 Å². The predicted molar refractivity (Wildman–Crippen MR) is 127 cm³/mol. The Bertz CT molecular complexity index is 858. The number of hydrogen-bond donors (Lipinski definition) is 2. The summed E-state index contributed by atoms with van der Waals surface area (Å²) in [5.74, 6) is 1.55. The summed E-state index contributed by atoms with van der Waals surface area (Å²) >= 11 is 0. The lowest BCUT2D eigenvalue weighted by atomic mass is 9.81. The molecule has 1 aromatic heterocycles. The maximum absolute atomic E-state index is 5.96. The molecule has 0 saturated heterocycles. The molecule has 1 saturated carbocycles. The van der Waals surface area contributed by atoms with Gasteiger partial charge in [0.15, 0.2) is 0 Å². The van der Waals surface area contributed by atoms with Crippen molar-refractivity contribution < 1.29 is 0 Å². The second-order valence-electron chi connectivity index (χ2n) is 10.1. The van der Waals surface area contributed by atoms with Gasteiger partial charge in [-0.05, 0) is 92.5 Å². The van der Waals surface area contributed by atoms with Gasteiger partial charge in [-0.15, -0.1) is 0 Å². The molecule has 0 amide bonds. The van der Waals surface area contributed by atoms with E-state index in [1.165, 1.54) is 73.9 Å². The molecule has 0 bridgehead atoms. The molecule has 2 atom stereocenters. The summed E-state index contributed by atoms with van der Waals surface area (Å²) in [6.07, 6.45) is 12.1. The molecule has 0 unspecified atom stereocenters. The molecule has 1 aromatic carbocycles. The lowest BCUT2D eigenvalue weighted by molar-refractivity contribution is 0.111. The average molecular weight is 419 g/mol. The van der Waals surface area contributed by atoms with E-state index in [1.807, 2.05) is 6.20 Å². The van der Waals surface area contributed by atoms with Gasteiger partial charge in [0.05, 0.1) is 11.7 Å². The molecule has 31 heavy (non-hydrogen) atoms. The van der Waals surface area contributed by atoms with E-state index in [2.05, 4.69) is 46.6 Å². The molecule has 5 rings (SSSR count). The minimum absolute atomic E-state index is 0.469. The van der Waals surface area contributed by atoms with E-state index < -0.39 is 0 Å². The Balaban J connectivity index is 1.34. The van der Waals surface area contributed by atoms with Crippen molar-refractivity contribution in [3.05, 3.63) is 65.0 Å². The molecule has 2 aromatic rings. The van der Waals surface area contributed by atoms with Crippen LogP contribution in [0.25, 0.3) is 0 Å². The van der Waals surface area contributed by atoms with Crippen molar-refractivity contribution in [3.63, 3.8) is 0 Å². The average Bonchev–Trinajstić information content (AvgIpc) is 2.83. The molecule has 2 heterocycles. The maximum Gasteiger partial charge on any atom is 0.0607 e. The van der Waals surface area contributed by atoms with Gasteiger partial charge in [0.2, 0.25) is 0 Å². The van der Waals surface area contributed by atoms with Crippen molar-refractivity contribution in [2.75, 3.05) is 19.6 Å². The van der Waals surface area contributed by atoms with Crippen LogP contribution in [0.3, 0.4) is 0 Å². The Morgan fingerprint density at radius 2 is 1.68 bits per heavy atom. The SMILES string of the molecule is NC[C@H]1CC[C@H](CN(C[C@H]2Cc3ccccc3CN2)[C@H]2CCCc3cccnc32)CC1. The fraction of sp³-hybridized carbons (Fsp3) is 0.593. The molecule has 3 N–H and O–H groups in total. The van der Waals surface area contributed by atoms with Gasteiger partial charge in [0.25, 0.3) is 0 Å². The maximum atomic E-state index is 5.96. The van der Waals surface area contributed by atoms with Gasteiger partial charge in [-0.25, -0.2) is 0 Å². The molecule has 1 fully saturated rings. The van der Waals surface area contributed by atoms with E-state index in [0.717, 1.165) is 37.9 Å². The summed E-state index contributed by atoms with van der Waals surface area (Å²) in [5.41, 5.74) is 11.8. The first-order chi connectivity index (χ1) is 15.3. The van der Waals surface area contributed by atoms with Crippen molar-refractivity contribution in [2.45, 2.75) is 70.0 Å². The molecule has 4 heteroatoms. The van der Waals surface area contributed by atoms with Gasteiger partial charge in [-0.2, -0.15) is 0 Å². The van der Waals surface area contributed by atoms with E-state index in [0.29, 0.717) is 12.1 Å². The zero-order chi connectivity index (χ0) is 21.0. The quantitative estimate of drug-likeness (QED) is 0.737. The third-order valence-corrected chi connectivity index (χ3v) is 8.02. The zero-order valence-electron chi connectivity index (χ0n) is 18.8. The topological polar surface area (TPSA) is 54.2 Å². The molecule has 0 radical (unpaired) electrons. The van der Waals surface area contributed by atoms with Crippen LogP contribution in [0.5, 0.6) is 0 Å². The molecular weight excluding hydrogens is 380 g/mol. The molecule has 1 aliphatic heterocycles. The van der Waals surface area contributed by atoms with E-state index in [1.54, 1.807) is 0 Å². The van der Waals surface area contributed by atoms with Crippen LogP contribution < -0.4 is 11.1 Å². The summed E-state index contributed by atoms with van der Waals surface area (Å²) < 4.78 is 0. The van der Waals surface area contributed by atoms with E-state index in [-0.39, 0.29) is 0 Å². The molecule has 0 spiro atoms. The second-order valence-corrected chi connectivity index (χ2v) is 10.1. The number of pyridine rings is 1. The van der Waals surface area contributed by atoms with Crippen LogP contribution in [0.4, 0.5) is 0 Å². The second kappa shape index (κ2) is 9.81. The number of nitrogens with two attached hydrogens (primary N) is 1. The standard InChI is InChI=1S/C27H38N4/c28-16-20-10-12-21(13-11-20)18-31(26-9-3-7-22-8-4-14-29-27(22)26)19-25-15-23-5-1-2-6-24(23)17-30-25/h1-2,4-6,8,14,20-21,25-26,30H,3,7,9-13,15-19,28H2/t20-,21-,25-,26+/m1/s1. The van der Waals surface area contributed by atoms with Crippen LogP contribution in [-0.2, 0) is 19.4 Å². The molecule has 4 nitrogen and oxygen atoms in total. The van der Waals surface area contributed by atoms with Crippen LogP contribution in [0.1, 0.15) is 67.0 Å². The van der Waals surface area contributed by atoms with Gasteiger partial charge < -0.3 is 11.1 Å². The van der Waals surface area contributed by atoms with Crippen molar-refractivity contribution in [2.24, 2.45) is 17.6 Å². The van der Waals surface area contributed by atoms with Crippen LogP contribution in [0, 0.1) is 11.8 Å². The summed E-state index contributed by atoms with van der Waals surface area (Å²) in [7, 11) is 0. The number of rotatable bonds is 6. The van der Waals surface area contributed by atoms with Crippen LogP contribution in [-0.4, -0.2) is 35.6 Å². The minimum Gasteiger partial charge on any atom is -0.330 e. The van der Waals surface area contributed by atoms with Gasteiger partial charge in [0, 0.05) is 31.9 Å². The smallest absolute Gasteiger partial charge is 0.0607 e. The number of benzene rings is 1. The highest BCUT2D eigenvalue weighted by atomic mass is 15.2. The lowest BCUT2D eigenvalue weighted by Crippen LogP contribution is -2.48. The largest absolute Gasteiger partial charge is 0.330 e. The number of aromatic nitrogens is 1. The number of nitrogens with one attached hydrogen (secondary N) is 1. The number of fused-ring (bicyclic) bond motifs is 2. The highest BCUT2D eigenvalue weighted by Gasteiger charge is 2.32. The fourth-order valence-electron chi connectivity index (χ4n) is 6.18. The highest BCUT2D eigenvalue weighted by Crippen LogP contribution is 2.36. The first kappa shape index (κ1) is 21.1. The monoisotopic (exact) mass is 418 g/mol. The summed E-state index contributed by atoms with van der Waals surface area (Å²) in [5, 5.41) is 3.84. The van der Waals surface area contributed by atoms with Gasteiger partial charge >= 0.3 is 0 Å². The van der Waals surface area contributed by atoms with Crippen LogP contribution in [0.2, 0.25) is 0 Å². The molecule has 166 valence electrons. The number of nitrogens with zero attached hydrogens (tertiary/aromatic N) is 2. The van der Waals surface area contributed by atoms with E-state index >= 15 is 0 Å². The van der Waals surface area contributed by atoms with Gasteiger partial charge in [-0.1, -0.05) is 30.3 Å². The summed E-state index contributed by atoms with van der Waals surface area (Å²) in [4.78, 5) is 7.70. The van der Waals surface area contributed by atoms with Crippen molar-refractivity contribution in [1.82, 2.24) is 15.2 Å². The first-order valence-corrected chi connectivity index (χ1v) is 12.5. The number of hydrogen-bond acceptors (Lipinski definition) is 4. The van der Waals surface area contributed by atoms with Crippen molar-refractivity contribution in [3.8, 4) is 0 Å². The van der Waals surface area contributed by atoms with Gasteiger partial charge in [0.1, 0.15) is 0 Å². The zero-order valence-corrected chi connectivity index (χ0v) is 18.8. The third-order valence-electron chi connectivity index (χ3n) is 8.02. The Kier molecular flexibility index (Phi) is 6.68. The fourth-order valence-corrected chi connectivity index (χ4v) is 6.18. The van der Waals surface area contributed by atoms with Crippen molar-refractivity contribution in [1.29, 1.82) is 0 Å². The normalized spacial score (nSPS) is 28.2. The lowest BCUT2D eigenvalue weighted by Gasteiger charge is -2.41. The highest BCUT2D eigenvalue weighted by molar-refractivity contribution is 5.30. The third kappa shape index (κ3) is 4.87. The summed E-state index contributed by atoms with van der Waals surface area (Å²) in [6, 6.07) is 14.3. The van der Waals surface area contributed by atoms with E-state index in [4.69, 9.17) is 10.7 Å². The Morgan fingerprint density at radius 3 is 2.52 bits per heavy atom. The van der Waals surface area contributed by atoms with Gasteiger partial charge in [-0.3, -0.25) is 9.88 Å².